The van der Waals surface area contributed by atoms with E-state index in [0.29, 0.717) is 94.4 Å². The molecule has 7 amide bonds. The standard InChI is InChI=1S/C58H60N14O12S6/c1-26(2)42-56-71-45(37(90-56)21-84-5)49(79)60-20-40(74)68-46(47(77)28-9-7-6-8-10-28)55-66-36(24-87-55)53-64-34(22-86-53)44-31(51-65-35(23-85-51)48(78)63-33(19-39(73)59-4)54-70-43(27(3)89-54)50(80)69-42)15-16-32(62-44)52-67-38(25-88-52)72(18-17-41(75)76)58(83)61-30-13-11-29(12-14-30)57(81)82/h6-10,15-16,22-26,29-30,33,42,46-47,77H,11-14,17-21H2,1-5H3,(H,59,73)(H,60,79)(H,61,83)(H,63,78)(H,68,74)(H,69,80)(H,75,76)(H,81,82)/t29?,30?,33-,42?,46-,47-/m0/s1. The Bertz CT molecular complexity index is 3980. The molecule has 32 heteroatoms. The Morgan fingerprint density at radius 3 is 2.12 bits per heavy atom. The number of ether oxygens (including phenoxy) is 1. The second-order valence-electron chi connectivity index (χ2n) is 21.3. The highest BCUT2D eigenvalue weighted by Gasteiger charge is 2.34. The van der Waals surface area contributed by atoms with E-state index >= 15 is 0 Å². The summed E-state index contributed by atoms with van der Waals surface area (Å²) >= 11 is 6.95. The van der Waals surface area contributed by atoms with Gasteiger partial charge in [0.2, 0.25) is 11.8 Å². The number of fused-ring (bicyclic) bond motifs is 14. The number of anilines is 1. The lowest BCUT2D eigenvalue weighted by atomic mass is 9.86. The maximum atomic E-state index is 14.4. The van der Waals surface area contributed by atoms with Gasteiger partial charge in [-0.3, -0.25) is 38.5 Å². The molecule has 0 saturated heterocycles. The lowest BCUT2D eigenvalue weighted by Crippen LogP contribution is -2.47. The van der Waals surface area contributed by atoms with E-state index in [0.717, 1.165) is 56.7 Å². The molecule has 9 N–H and O–H groups in total. The second-order valence-corrected chi connectivity index (χ2v) is 27.1. The van der Waals surface area contributed by atoms with E-state index in [2.05, 4.69) is 36.9 Å². The average molecular weight is 1340 g/mol. The molecule has 0 spiro atoms. The van der Waals surface area contributed by atoms with Gasteiger partial charge in [-0.05, 0) is 56.2 Å². The fraction of sp³-hybridized carbons (Fsp3) is 0.362. The summed E-state index contributed by atoms with van der Waals surface area (Å²) in [5.74, 6) is -5.65. The Morgan fingerprint density at radius 2 is 1.40 bits per heavy atom. The number of hydrogen-bond donors (Lipinski definition) is 9. The lowest BCUT2D eigenvalue weighted by molar-refractivity contribution is -0.143. The molecule has 26 nitrogen and oxygen atoms in total. The normalized spacial score (nSPS) is 18.5. The van der Waals surface area contributed by atoms with Crippen LogP contribution < -0.4 is 36.8 Å². The van der Waals surface area contributed by atoms with Gasteiger partial charge in [0.1, 0.15) is 82.2 Å². The Kier molecular flexibility index (Phi) is 20.6. The monoisotopic (exact) mass is 1340 g/mol. The number of nitrogens with one attached hydrogen (secondary N) is 6. The number of nitrogens with zero attached hydrogens (tertiary/aromatic N) is 8. The van der Waals surface area contributed by atoms with Crippen LogP contribution in [0.2, 0.25) is 0 Å². The smallest absolute Gasteiger partial charge is 0.323 e. The van der Waals surface area contributed by atoms with Crippen molar-refractivity contribution in [3.8, 4) is 43.4 Å². The average Bonchev–Trinajstić information content (AvgIpc) is 1.73. The van der Waals surface area contributed by atoms with E-state index < -0.39 is 90.6 Å². The van der Waals surface area contributed by atoms with E-state index in [4.69, 9.17) is 34.6 Å². The van der Waals surface area contributed by atoms with Crippen molar-refractivity contribution in [2.45, 2.75) is 96.2 Å². The van der Waals surface area contributed by atoms with Crippen LogP contribution in [-0.4, -0.2) is 131 Å². The number of hydrogen-bond acceptors (Lipinski definition) is 23. The maximum absolute atomic E-state index is 14.4. The van der Waals surface area contributed by atoms with Crippen LogP contribution in [0.1, 0.15) is 138 Å². The van der Waals surface area contributed by atoms with Crippen molar-refractivity contribution in [1.29, 1.82) is 0 Å². The zero-order valence-corrected chi connectivity index (χ0v) is 53.7. The Hall–Kier alpha value is -8.37. The third-order valence-electron chi connectivity index (χ3n) is 14.7. The van der Waals surface area contributed by atoms with Gasteiger partial charge in [0.25, 0.3) is 17.7 Å². The van der Waals surface area contributed by atoms with E-state index in [9.17, 15) is 53.7 Å². The third kappa shape index (κ3) is 14.9. The highest BCUT2D eigenvalue weighted by molar-refractivity contribution is 7.15. The number of pyridine rings is 1. The van der Waals surface area contributed by atoms with Crippen molar-refractivity contribution >= 4 is 121 Å². The first-order chi connectivity index (χ1) is 43.2. The minimum Gasteiger partial charge on any atom is -0.481 e. The van der Waals surface area contributed by atoms with Crippen molar-refractivity contribution < 1.29 is 58.4 Å². The van der Waals surface area contributed by atoms with E-state index in [-0.39, 0.29) is 59.4 Å². The number of urea groups is 1. The summed E-state index contributed by atoms with van der Waals surface area (Å²) in [6, 6.07) is 8.30. The molecule has 8 heterocycles. The van der Waals surface area contributed by atoms with Crippen LogP contribution in [-0.2, 0) is 30.5 Å². The number of aromatic nitrogens is 7. The molecule has 90 heavy (non-hydrogen) atoms. The van der Waals surface area contributed by atoms with Crippen molar-refractivity contribution in [2.24, 2.45) is 11.8 Å². The molecule has 1 aliphatic heterocycles. The van der Waals surface area contributed by atoms with Crippen LogP contribution in [0.15, 0.2) is 64.0 Å². The number of amides is 7. The highest BCUT2D eigenvalue weighted by atomic mass is 32.1. The van der Waals surface area contributed by atoms with Gasteiger partial charge in [-0.25, -0.2) is 39.7 Å². The number of carbonyl (C=O) groups excluding carboxylic acids is 6. The minimum atomic E-state index is -1.31. The molecule has 1 unspecified atom stereocenters. The fourth-order valence-corrected chi connectivity index (χ4v) is 15.5. The number of thiazole rings is 6. The highest BCUT2D eigenvalue weighted by Crippen LogP contribution is 2.41. The molecule has 0 radical (unpaired) electrons. The van der Waals surface area contributed by atoms with Gasteiger partial charge in [-0.15, -0.1) is 68.0 Å². The molecule has 10 rings (SSSR count). The van der Waals surface area contributed by atoms with E-state index in [1.807, 2.05) is 13.8 Å². The first-order valence-corrected chi connectivity index (χ1v) is 33.4. The fourth-order valence-electron chi connectivity index (χ4n) is 9.96. The summed E-state index contributed by atoms with van der Waals surface area (Å²) in [6.45, 7) is 4.66. The van der Waals surface area contributed by atoms with Crippen molar-refractivity contribution in [3.63, 3.8) is 0 Å². The summed E-state index contributed by atoms with van der Waals surface area (Å²) in [5.41, 5.74) is 2.28. The number of methoxy groups -OCH3 is 1. The Labute approximate surface area is 538 Å². The van der Waals surface area contributed by atoms with Gasteiger partial charge < -0.3 is 52.0 Å². The zero-order valence-electron chi connectivity index (χ0n) is 48.8. The molecular formula is C58H60N14O12S6. The summed E-state index contributed by atoms with van der Waals surface area (Å²) in [5, 5.41) is 56.9. The molecule has 4 atom stereocenters. The number of benzene rings is 1. The van der Waals surface area contributed by atoms with Crippen LogP contribution in [0.5, 0.6) is 0 Å². The molecule has 1 saturated carbocycles. The SMILES string of the molecule is CNC(=O)C[C@@H]1NC(=O)c2csc(n2)-c2ccc(-c3nc(N(CCC(=O)O)C(=O)NC4CCC(C(=O)O)CC4)cs3)nc2-c2csc(n2)-c2csc(n2)[C@H]([C@@H](O)c2ccccc2)NC(=O)CNC(=O)c2nc(sc2COC)C(C(C)C)NC(=O)c2nc1sc2C. The van der Waals surface area contributed by atoms with Crippen molar-refractivity contribution in [3.05, 3.63) is 111 Å². The first kappa shape index (κ1) is 64.6. The zero-order chi connectivity index (χ0) is 63.9. The van der Waals surface area contributed by atoms with Crippen LogP contribution in [0.3, 0.4) is 0 Å². The van der Waals surface area contributed by atoms with Crippen LogP contribution in [0, 0.1) is 18.8 Å². The number of carboxylic acids is 2. The molecule has 1 aromatic carbocycles. The molecule has 1 fully saturated rings. The Morgan fingerprint density at radius 1 is 0.700 bits per heavy atom. The number of aliphatic carboxylic acids is 2. The minimum absolute atomic E-state index is 0.0144. The summed E-state index contributed by atoms with van der Waals surface area (Å²) < 4.78 is 5.45. The van der Waals surface area contributed by atoms with Gasteiger partial charge in [-0.2, -0.15) is 0 Å². The van der Waals surface area contributed by atoms with Crippen molar-refractivity contribution in [1.82, 2.24) is 66.8 Å². The molecule has 470 valence electrons. The maximum Gasteiger partial charge on any atom is 0.323 e. The van der Waals surface area contributed by atoms with E-state index in [1.165, 1.54) is 30.4 Å². The van der Waals surface area contributed by atoms with Crippen LogP contribution in [0.4, 0.5) is 10.6 Å². The molecule has 10 bridgehead atoms. The number of rotatable bonds is 14. The third-order valence-corrected chi connectivity index (χ3v) is 20.4. The molecular weight excluding hydrogens is 1280 g/mol. The number of aryl methyl sites for hydroxylation is 1. The van der Waals surface area contributed by atoms with Crippen molar-refractivity contribution in [2.75, 3.05) is 32.1 Å². The number of carbonyl (C=O) groups is 8. The largest absolute Gasteiger partial charge is 0.481 e. The van der Waals surface area contributed by atoms with Crippen LogP contribution in [0.25, 0.3) is 43.4 Å². The number of aliphatic hydroxyl groups excluding tert-OH is 1. The lowest BCUT2D eigenvalue weighted by Gasteiger charge is -2.29. The second kappa shape index (κ2) is 28.6. The predicted molar refractivity (Wildman–Crippen MR) is 338 cm³/mol. The predicted octanol–water partition coefficient (Wildman–Crippen LogP) is 7.95. The molecule has 2 aliphatic rings. The van der Waals surface area contributed by atoms with Gasteiger partial charge in [0.05, 0.1) is 54.6 Å². The van der Waals surface area contributed by atoms with Gasteiger partial charge in [-0.1, -0.05) is 44.2 Å². The summed E-state index contributed by atoms with van der Waals surface area (Å²) in [7, 11) is 2.92. The number of aliphatic hydroxyl groups is 1. The summed E-state index contributed by atoms with van der Waals surface area (Å²) in [6.07, 6.45) is -0.328. The van der Waals surface area contributed by atoms with E-state index in [1.54, 1.807) is 70.9 Å². The first-order valence-electron chi connectivity index (χ1n) is 28.2. The molecule has 8 aromatic rings. The van der Waals surface area contributed by atoms with Gasteiger partial charge in [0.15, 0.2) is 0 Å². The Balaban J connectivity index is 1.04. The topological polar surface area (TPSA) is 372 Å². The molecule has 7 aromatic heterocycles. The van der Waals surface area contributed by atoms with Gasteiger partial charge in [0, 0.05) is 58.7 Å². The molecule has 1 aliphatic carbocycles. The summed E-state index contributed by atoms with van der Waals surface area (Å²) in [4.78, 5) is 143. The van der Waals surface area contributed by atoms with Crippen LogP contribution >= 0.6 is 68.0 Å². The quantitative estimate of drug-likeness (QED) is 0.0498. The van der Waals surface area contributed by atoms with Gasteiger partial charge >= 0.3 is 18.0 Å². The number of carboxylic acid groups (broad SMARTS) is 2.